The van der Waals surface area contributed by atoms with Gasteiger partial charge < -0.3 is 5.32 Å². The Balaban J connectivity index is 1.37. The molecular weight excluding hydrogens is 338 g/mol. The molecule has 2 aromatic heterocycles. The zero-order valence-corrected chi connectivity index (χ0v) is 15.2. The van der Waals surface area contributed by atoms with Crippen LogP contribution in [0.4, 0.5) is 0 Å². The van der Waals surface area contributed by atoms with E-state index in [9.17, 15) is 4.79 Å². The summed E-state index contributed by atoms with van der Waals surface area (Å²) in [6.07, 6.45) is 7.43. The van der Waals surface area contributed by atoms with Gasteiger partial charge in [0.1, 0.15) is 0 Å². The van der Waals surface area contributed by atoms with Crippen LogP contribution < -0.4 is 5.32 Å². The summed E-state index contributed by atoms with van der Waals surface area (Å²) >= 11 is 0. The molecule has 1 unspecified atom stereocenters. The van der Waals surface area contributed by atoms with Crippen molar-refractivity contribution in [3.63, 3.8) is 0 Å². The largest absolute Gasteiger partial charge is 0.350 e. The average molecular weight is 361 g/mol. The first kappa shape index (κ1) is 17.4. The van der Waals surface area contributed by atoms with Crippen molar-refractivity contribution in [1.29, 1.82) is 0 Å². The smallest absolute Gasteiger partial charge is 0.251 e. The van der Waals surface area contributed by atoms with Crippen LogP contribution in [0.25, 0.3) is 5.82 Å². The summed E-state index contributed by atoms with van der Waals surface area (Å²) in [7, 11) is 0. The van der Waals surface area contributed by atoms with E-state index in [1.165, 1.54) is 12.0 Å². The Morgan fingerprint density at radius 1 is 1.15 bits per heavy atom. The lowest BCUT2D eigenvalue weighted by Gasteiger charge is -2.24. The number of carbonyl (C=O) groups excluding carboxylic acids is 1. The van der Waals surface area contributed by atoms with Crippen LogP contribution in [0.1, 0.15) is 28.8 Å². The highest BCUT2D eigenvalue weighted by atomic mass is 16.1. The fourth-order valence-electron chi connectivity index (χ4n) is 3.55. The zero-order chi connectivity index (χ0) is 18.5. The average Bonchev–Trinajstić information content (AvgIpc) is 3.39. The van der Waals surface area contributed by atoms with Gasteiger partial charge in [0.2, 0.25) is 0 Å². The van der Waals surface area contributed by atoms with Crippen molar-refractivity contribution in [1.82, 2.24) is 25.0 Å². The van der Waals surface area contributed by atoms with Crippen molar-refractivity contribution in [3.05, 3.63) is 78.2 Å². The molecule has 0 aliphatic carbocycles. The van der Waals surface area contributed by atoms with Gasteiger partial charge in [-0.15, -0.1) is 0 Å². The van der Waals surface area contributed by atoms with Crippen LogP contribution in [0.3, 0.4) is 0 Å². The summed E-state index contributed by atoms with van der Waals surface area (Å²) < 4.78 is 1.65. The Morgan fingerprint density at radius 3 is 2.85 bits per heavy atom. The maximum absolute atomic E-state index is 12.6. The van der Waals surface area contributed by atoms with E-state index in [2.05, 4.69) is 44.6 Å². The predicted molar refractivity (Wildman–Crippen MR) is 104 cm³/mol. The Bertz CT molecular complexity index is 879. The number of rotatable bonds is 6. The lowest BCUT2D eigenvalue weighted by molar-refractivity contribution is 0.0939. The summed E-state index contributed by atoms with van der Waals surface area (Å²) in [5, 5.41) is 7.25. The molecule has 4 rings (SSSR count). The van der Waals surface area contributed by atoms with Gasteiger partial charge in [-0.2, -0.15) is 5.10 Å². The standard InChI is InChI=1S/C21H23N5O/c27-21(18-9-11-22-20(14-18)26-13-5-10-24-26)23-15-19-8-4-12-25(19)16-17-6-2-1-3-7-17/h1-3,5-7,9-11,13-14,19H,4,8,12,15-16H2,(H,23,27). The molecular formula is C21H23N5O. The molecule has 1 atom stereocenters. The molecule has 1 fully saturated rings. The van der Waals surface area contributed by atoms with E-state index in [1.807, 2.05) is 18.3 Å². The van der Waals surface area contributed by atoms with Crippen LogP contribution in [-0.4, -0.2) is 44.7 Å². The number of pyridine rings is 1. The van der Waals surface area contributed by atoms with Crippen LogP contribution in [-0.2, 0) is 6.54 Å². The van der Waals surface area contributed by atoms with Crippen molar-refractivity contribution < 1.29 is 4.79 Å². The highest BCUT2D eigenvalue weighted by Crippen LogP contribution is 2.19. The van der Waals surface area contributed by atoms with Crippen molar-refractivity contribution in [2.45, 2.75) is 25.4 Å². The quantitative estimate of drug-likeness (QED) is 0.733. The second kappa shape index (κ2) is 8.14. The van der Waals surface area contributed by atoms with Gasteiger partial charge in [0.25, 0.3) is 5.91 Å². The number of carbonyl (C=O) groups is 1. The first-order valence-electron chi connectivity index (χ1n) is 9.32. The number of nitrogens with zero attached hydrogens (tertiary/aromatic N) is 4. The number of hydrogen-bond donors (Lipinski definition) is 1. The van der Waals surface area contributed by atoms with E-state index >= 15 is 0 Å². The lowest BCUT2D eigenvalue weighted by atomic mass is 10.1. The number of benzene rings is 1. The summed E-state index contributed by atoms with van der Waals surface area (Å²) in [6, 6.07) is 16.2. The van der Waals surface area contributed by atoms with E-state index < -0.39 is 0 Å². The van der Waals surface area contributed by atoms with Gasteiger partial charge in [0.15, 0.2) is 5.82 Å². The molecule has 27 heavy (non-hydrogen) atoms. The maximum Gasteiger partial charge on any atom is 0.251 e. The molecule has 138 valence electrons. The van der Waals surface area contributed by atoms with Gasteiger partial charge in [-0.25, -0.2) is 9.67 Å². The topological polar surface area (TPSA) is 63.1 Å². The minimum Gasteiger partial charge on any atom is -0.350 e. The second-order valence-corrected chi connectivity index (χ2v) is 6.82. The van der Waals surface area contributed by atoms with Gasteiger partial charge in [-0.3, -0.25) is 9.69 Å². The molecule has 1 aromatic carbocycles. The molecule has 0 spiro atoms. The summed E-state index contributed by atoms with van der Waals surface area (Å²) in [5.41, 5.74) is 1.91. The molecule has 6 heteroatoms. The molecule has 0 radical (unpaired) electrons. The third-order valence-corrected chi connectivity index (χ3v) is 4.97. The van der Waals surface area contributed by atoms with Crippen LogP contribution in [0.15, 0.2) is 67.1 Å². The van der Waals surface area contributed by atoms with Crippen LogP contribution >= 0.6 is 0 Å². The third-order valence-electron chi connectivity index (χ3n) is 4.97. The minimum absolute atomic E-state index is 0.0719. The maximum atomic E-state index is 12.6. The van der Waals surface area contributed by atoms with Crippen LogP contribution in [0.2, 0.25) is 0 Å². The van der Waals surface area contributed by atoms with E-state index in [0.717, 1.165) is 19.5 Å². The van der Waals surface area contributed by atoms with Crippen molar-refractivity contribution >= 4 is 5.91 Å². The highest BCUT2D eigenvalue weighted by molar-refractivity contribution is 5.94. The minimum atomic E-state index is -0.0719. The van der Waals surface area contributed by atoms with E-state index in [0.29, 0.717) is 24.0 Å². The van der Waals surface area contributed by atoms with Gasteiger partial charge in [0, 0.05) is 43.3 Å². The zero-order valence-electron chi connectivity index (χ0n) is 15.2. The second-order valence-electron chi connectivity index (χ2n) is 6.82. The molecule has 6 nitrogen and oxygen atoms in total. The predicted octanol–water partition coefficient (Wildman–Crippen LogP) is 2.66. The Hall–Kier alpha value is -2.99. The van der Waals surface area contributed by atoms with Gasteiger partial charge in [0.05, 0.1) is 0 Å². The SMILES string of the molecule is O=C(NCC1CCCN1Cc1ccccc1)c1ccnc(-n2cccn2)c1. The number of nitrogens with one attached hydrogen (secondary N) is 1. The summed E-state index contributed by atoms with van der Waals surface area (Å²) in [4.78, 5) is 19.3. The van der Waals surface area contributed by atoms with Crippen molar-refractivity contribution in [2.24, 2.45) is 0 Å². The van der Waals surface area contributed by atoms with Gasteiger partial charge in [-0.05, 0) is 43.1 Å². The Labute approximate surface area is 158 Å². The molecule has 1 amide bonds. The molecule has 1 aliphatic heterocycles. The van der Waals surface area contributed by atoms with Gasteiger partial charge in [-0.1, -0.05) is 30.3 Å². The first-order chi connectivity index (χ1) is 13.3. The van der Waals surface area contributed by atoms with Crippen molar-refractivity contribution in [2.75, 3.05) is 13.1 Å². The summed E-state index contributed by atoms with van der Waals surface area (Å²) in [5.74, 6) is 0.566. The summed E-state index contributed by atoms with van der Waals surface area (Å²) in [6.45, 7) is 2.67. The lowest BCUT2D eigenvalue weighted by Crippen LogP contribution is -2.39. The molecule has 1 saturated heterocycles. The van der Waals surface area contributed by atoms with Crippen molar-refractivity contribution in [3.8, 4) is 5.82 Å². The van der Waals surface area contributed by atoms with E-state index in [-0.39, 0.29) is 5.91 Å². The Kier molecular flexibility index (Phi) is 5.25. The van der Waals surface area contributed by atoms with Crippen LogP contribution in [0, 0.1) is 0 Å². The van der Waals surface area contributed by atoms with E-state index in [4.69, 9.17) is 0 Å². The van der Waals surface area contributed by atoms with Gasteiger partial charge >= 0.3 is 0 Å². The van der Waals surface area contributed by atoms with Crippen LogP contribution in [0.5, 0.6) is 0 Å². The van der Waals surface area contributed by atoms with E-state index in [1.54, 1.807) is 29.2 Å². The Morgan fingerprint density at radius 2 is 2.04 bits per heavy atom. The first-order valence-corrected chi connectivity index (χ1v) is 9.32. The molecule has 1 N–H and O–H groups in total. The molecule has 0 saturated carbocycles. The number of likely N-dealkylation sites (tertiary alicyclic amines) is 1. The number of hydrogen-bond acceptors (Lipinski definition) is 4. The normalized spacial score (nSPS) is 17.1. The number of aromatic nitrogens is 3. The fourth-order valence-corrected chi connectivity index (χ4v) is 3.55. The highest BCUT2D eigenvalue weighted by Gasteiger charge is 2.25. The third kappa shape index (κ3) is 4.23. The fraction of sp³-hybridized carbons (Fsp3) is 0.286. The molecule has 3 heterocycles. The number of amides is 1. The monoisotopic (exact) mass is 361 g/mol. The molecule has 3 aromatic rings. The molecule has 0 bridgehead atoms. The molecule has 1 aliphatic rings.